The first-order chi connectivity index (χ1) is 13.2. The number of carbonyl (C=O) groups is 1. The van der Waals surface area contributed by atoms with Gasteiger partial charge in [0.1, 0.15) is 6.61 Å². The molecule has 0 aliphatic carbocycles. The Bertz CT molecular complexity index is 939. The molecule has 1 amide bonds. The third kappa shape index (κ3) is 3.62. The summed E-state index contributed by atoms with van der Waals surface area (Å²) in [4.78, 5) is 16.8. The van der Waals surface area contributed by atoms with Crippen LogP contribution in [0.4, 0.5) is 0 Å². The highest BCUT2D eigenvalue weighted by Crippen LogP contribution is 2.36. The molecule has 2 aromatic carbocycles. The number of ether oxygens (including phenoxy) is 2. The lowest BCUT2D eigenvalue weighted by Gasteiger charge is -2.25. The fraction of sp³-hybridized carbons (Fsp3) is 0.250. The SMILES string of the molecule is COc1cccc2c1OC[C@H](C(=O)NCc1noc(-c3ccccc3)n1)C2. The molecule has 27 heavy (non-hydrogen) atoms. The van der Waals surface area contributed by atoms with Gasteiger partial charge in [0.2, 0.25) is 5.91 Å². The molecule has 0 radical (unpaired) electrons. The second kappa shape index (κ2) is 7.49. The average Bonchev–Trinajstić information content (AvgIpc) is 3.21. The van der Waals surface area contributed by atoms with Gasteiger partial charge in [-0.3, -0.25) is 4.79 Å². The first-order valence-corrected chi connectivity index (χ1v) is 8.69. The highest BCUT2D eigenvalue weighted by atomic mass is 16.5. The maximum Gasteiger partial charge on any atom is 0.257 e. The summed E-state index contributed by atoms with van der Waals surface area (Å²) in [5, 5.41) is 6.78. The zero-order valence-corrected chi connectivity index (χ0v) is 14.8. The molecule has 7 heteroatoms. The van der Waals surface area contributed by atoms with Gasteiger partial charge >= 0.3 is 0 Å². The van der Waals surface area contributed by atoms with E-state index in [2.05, 4.69) is 15.5 Å². The molecule has 3 aromatic rings. The Morgan fingerprint density at radius 3 is 2.89 bits per heavy atom. The third-order valence-corrected chi connectivity index (χ3v) is 4.46. The summed E-state index contributed by atoms with van der Waals surface area (Å²) in [6.07, 6.45) is 0.597. The summed E-state index contributed by atoms with van der Waals surface area (Å²) in [6, 6.07) is 15.2. The molecule has 1 aromatic heterocycles. The van der Waals surface area contributed by atoms with E-state index in [1.165, 1.54) is 0 Å². The van der Waals surface area contributed by atoms with Crippen LogP contribution < -0.4 is 14.8 Å². The minimum absolute atomic E-state index is 0.102. The molecular formula is C20H19N3O4. The average molecular weight is 365 g/mol. The van der Waals surface area contributed by atoms with Crippen molar-refractivity contribution in [2.24, 2.45) is 5.92 Å². The highest BCUT2D eigenvalue weighted by Gasteiger charge is 2.28. The fourth-order valence-corrected chi connectivity index (χ4v) is 3.06. The number of hydrogen-bond acceptors (Lipinski definition) is 6. The van der Waals surface area contributed by atoms with Crippen molar-refractivity contribution in [3.05, 3.63) is 59.9 Å². The molecule has 1 N–H and O–H groups in total. The monoisotopic (exact) mass is 365 g/mol. The van der Waals surface area contributed by atoms with E-state index in [1.807, 2.05) is 48.5 Å². The van der Waals surface area contributed by atoms with Crippen molar-refractivity contribution < 1.29 is 18.8 Å². The van der Waals surface area contributed by atoms with Gasteiger partial charge in [-0.1, -0.05) is 35.5 Å². The number of benzene rings is 2. The molecule has 0 saturated carbocycles. The summed E-state index contributed by atoms with van der Waals surface area (Å²) >= 11 is 0. The van der Waals surface area contributed by atoms with Crippen LogP contribution in [0.1, 0.15) is 11.4 Å². The lowest BCUT2D eigenvalue weighted by molar-refractivity contribution is -0.126. The number of nitrogens with zero attached hydrogens (tertiary/aromatic N) is 2. The standard InChI is InChI=1S/C20H19N3O4/c1-25-16-9-5-8-14-10-15(12-26-18(14)16)19(24)21-11-17-22-20(27-23-17)13-6-3-2-4-7-13/h2-9,15H,10-12H2,1H3,(H,21,24)/t15-/m1/s1. The molecule has 7 nitrogen and oxygen atoms in total. The Balaban J connectivity index is 1.37. The Kier molecular flexibility index (Phi) is 4.74. The van der Waals surface area contributed by atoms with Crippen LogP contribution in [0.15, 0.2) is 53.1 Å². The van der Waals surface area contributed by atoms with Gasteiger partial charge in [-0.25, -0.2) is 0 Å². The quantitative estimate of drug-likeness (QED) is 0.748. The van der Waals surface area contributed by atoms with E-state index in [1.54, 1.807) is 7.11 Å². The normalized spacial score (nSPS) is 15.5. The molecule has 0 spiro atoms. The summed E-state index contributed by atoms with van der Waals surface area (Å²) < 4.78 is 16.3. The molecule has 138 valence electrons. The lowest BCUT2D eigenvalue weighted by Crippen LogP contribution is -2.37. The summed E-state index contributed by atoms with van der Waals surface area (Å²) in [7, 11) is 1.60. The van der Waals surface area contributed by atoms with Crippen LogP contribution in [-0.2, 0) is 17.8 Å². The third-order valence-electron chi connectivity index (χ3n) is 4.46. The second-order valence-corrected chi connectivity index (χ2v) is 6.26. The first kappa shape index (κ1) is 17.1. The minimum Gasteiger partial charge on any atom is -0.493 e. The molecule has 1 aliphatic rings. The van der Waals surface area contributed by atoms with E-state index in [4.69, 9.17) is 14.0 Å². The van der Waals surface area contributed by atoms with E-state index in [-0.39, 0.29) is 18.4 Å². The predicted molar refractivity (Wildman–Crippen MR) is 97.3 cm³/mol. The first-order valence-electron chi connectivity index (χ1n) is 8.69. The largest absolute Gasteiger partial charge is 0.493 e. The molecule has 0 bridgehead atoms. The summed E-state index contributed by atoms with van der Waals surface area (Å²) in [5.74, 6) is 1.89. The molecule has 0 unspecified atom stereocenters. The Hall–Kier alpha value is -3.35. The number of amides is 1. The van der Waals surface area contributed by atoms with Crippen LogP contribution >= 0.6 is 0 Å². The Morgan fingerprint density at radius 1 is 1.22 bits per heavy atom. The van der Waals surface area contributed by atoms with E-state index in [9.17, 15) is 4.79 Å². The molecule has 2 heterocycles. The molecule has 4 rings (SSSR count). The maximum absolute atomic E-state index is 12.5. The Labute approximate surface area is 156 Å². The fourth-order valence-electron chi connectivity index (χ4n) is 3.06. The smallest absolute Gasteiger partial charge is 0.257 e. The second-order valence-electron chi connectivity index (χ2n) is 6.26. The number of para-hydroxylation sites is 1. The zero-order chi connectivity index (χ0) is 18.6. The molecule has 0 saturated heterocycles. The van der Waals surface area contributed by atoms with Crippen LogP contribution in [-0.4, -0.2) is 29.8 Å². The number of carbonyl (C=O) groups excluding carboxylic acids is 1. The van der Waals surface area contributed by atoms with Crippen LogP contribution in [0, 0.1) is 5.92 Å². The van der Waals surface area contributed by atoms with Gasteiger partial charge in [0, 0.05) is 5.56 Å². The van der Waals surface area contributed by atoms with Gasteiger partial charge in [-0.2, -0.15) is 4.98 Å². The van der Waals surface area contributed by atoms with Crippen LogP contribution in [0.3, 0.4) is 0 Å². The number of fused-ring (bicyclic) bond motifs is 1. The van der Waals surface area contributed by atoms with Crippen molar-refractivity contribution in [1.82, 2.24) is 15.5 Å². The lowest BCUT2D eigenvalue weighted by atomic mass is 9.95. The van der Waals surface area contributed by atoms with Crippen molar-refractivity contribution in [2.75, 3.05) is 13.7 Å². The topological polar surface area (TPSA) is 86.5 Å². The zero-order valence-electron chi connectivity index (χ0n) is 14.8. The minimum atomic E-state index is -0.273. The number of hydrogen-bond donors (Lipinski definition) is 1. The van der Waals surface area contributed by atoms with Gasteiger partial charge < -0.3 is 19.3 Å². The van der Waals surface area contributed by atoms with Gasteiger partial charge in [0.05, 0.1) is 19.6 Å². The molecule has 1 atom stereocenters. The molecule has 1 aliphatic heterocycles. The van der Waals surface area contributed by atoms with E-state index < -0.39 is 0 Å². The van der Waals surface area contributed by atoms with Crippen molar-refractivity contribution in [2.45, 2.75) is 13.0 Å². The van der Waals surface area contributed by atoms with Crippen LogP contribution in [0.5, 0.6) is 11.5 Å². The number of aromatic nitrogens is 2. The van der Waals surface area contributed by atoms with Gasteiger partial charge in [-0.15, -0.1) is 0 Å². The highest BCUT2D eigenvalue weighted by molar-refractivity contribution is 5.79. The maximum atomic E-state index is 12.5. The van der Waals surface area contributed by atoms with Crippen LogP contribution in [0.25, 0.3) is 11.5 Å². The van der Waals surface area contributed by atoms with E-state index >= 15 is 0 Å². The molecular weight excluding hydrogens is 346 g/mol. The number of rotatable bonds is 5. The predicted octanol–water partition coefficient (Wildman–Crippen LogP) is 2.61. The van der Waals surface area contributed by atoms with Crippen LogP contribution in [0.2, 0.25) is 0 Å². The van der Waals surface area contributed by atoms with Gasteiger partial charge in [0.25, 0.3) is 5.89 Å². The van der Waals surface area contributed by atoms with Gasteiger partial charge in [-0.05, 0) is 30.2 Å². The van der Waals surface area contributed by atoms with Crippen molar-refractivity contribution in [3.63, 3.8) is 0 Å². The van der Waals surface area contributed by atoms with E-state index in [0.717, 1.165) is 16.9 Å². The number of methoxy groups -OCH3 is 1. The summed E-state index contributed by atoms with van der Waals surface area (Å²) in [6.45, 7) is 0.511. The van der Waals surface area contributed by atoms with Crippen molar-refractivity contribution >= 4 is 5.91 Å². The number of nitrogens with one attached hydrogen (secondary N) is 1. The van der Waals surface area contributed by atoms with Crippen molar-refractivity contribution in [1.29, 1.82) is 0 Å². The van der Waals surface area contributed by atoms with E-state index in [0.29, 0.717) is 30.5 Å². The van der Waals surface area contributed by atoms with Crippen molar-refractivity contribution in [3.8, 4) is 23.0 Å². The Morgan fingerprint density at radius 2 is 2.07 bits per heavy atom. The molecule has 0 fully saturated rings. The van der Waals surface area contributed by atoms with Gasteiger partial charge in [0.15, 0.2) is 17.3 Å². The summed E-state index contributed by atoms with van der Waals surface area (Å²) in [5.41, 5.74) is 1.81.